The van der Waals surface area contributed by atoms with E-state index in [4.69, 9.17) is 0 Å². The number of H-pyrrole nitrogens is 1. The summed E-state index contributed by atoms with van der Waals surface area (Å²) in [5.41, 5.74) is 3.00. The molecule has 13 heavy (non-hydrogen) atoms. The number of aryl methyl sites for hydroxylation is 1. The monoisotopic (exact) mass is 172 g/mol. The zero-order valence-electron chi connectivity index (χ0n) is 7.00. The molecule has 2 aromatic rings. The minimum Gasteiger partial charge on any atom is -0.294 e. The van der Waals surface area contributed by atoms with Gasteiger partial charge in [-0.05, 0) is 18.1 Å². The van der Waals surface area contributed by atoms with Gasteiger partial charge in [0, 0.05) is 17.4 Å². The first kappa shape index (κ1) is 6.83. The van der Waals surface area contributed by atoms with Crippen molar-refractivity contribution in [2.24, 2.45) is 0 Å². The lowest BCUT2D eigenvalue weighted by Crippen LogP contribution is -1.91. The number of aromatic amines is 1. The van der Waals surface area contributed by atoms with Gasteiger partial charge in [-0.2, -0.15) is 5.10 Å². The van der Waals surface area contributed by atoms with Crippen molar-refractivity contribution >= 4 is 16.7 Å². The number of nitrogens with one attached hydrogen (secondary N) is 1. The van der Waals surface area contributed by atoms with E-state index in [9.17, 15) is 4.79 Å². The molecule has 0 spiro atoms. The minimum atomic E-state index is 0.252. The van der Waals surface area contributed by atoms with E-state index in [1.165, 1.54) is 5.56 Å². The van der Waals surface area contributed by atoms with Gasteiger partial charge in [0.15, 0.2) is 5.78 Å². The van der Waals surface area contributed by atoms with Crippen LogP contribution in [-0.4, -0.2) is 16.0 Å². The summed E-state index contributed by atoms with van der Waals surface area (Å²) < 4.78 is 0. The van der Waals surface area contributed by atoms with Crippen molar-refractivity contribution in [1.29, 1.82) is 0 Å². The van der Waals surface area contributed by atoms with Gasteiger partial charge in [-0.15, -0.1) is 0 Å². The summed E-state index contributed by atoms with van der Waals surface area (Å²) in [7, 11) is 0. The average molecular weight is 172 g/mol. The lowest BCUT2D eigenvalue weighted by Gasteiger charge is -1.97. The third kappa shape index (κ3) is 0.786. The van der Waals surface area contributed by atoms with Crippen molar-refractivity contribution in [3.8, 4) is 0 Å². The van der Waals surface area contributed by atoms with Gasteiger partial charge in [-0.25, -0.2) is 0 Å². The molecule has 0 saturated carbocycles. The largest absolute Gasteiger partial charge is 0.294 e. The Balaban J connectivity index is 2.49. The van der Waals surface area contributed by atoms with Gasteiger partial charge in [-0.3, -0.25) is 9.89 Å². The number of ketones is 1. The van der Waals surface area contributed by atoms with Gasteiger partial charge < -0.3 is 0 Å². The van der Waals surface area contributed by atoms with Crippen molar-refractivity contribution in [3.05, 3.63) is 29.5 Å². The molecule has 0 radical (unpaired) electrons. The van der Waals surface area contributed by atoms with Crippen LogP contribution in [0.4, 0.5) is 0 Å². The number of Topliss-reactive ketones (excluding diaryl/α,β-unsaturated/α-hetero) is 1. The van der Waals surface area contributed by atoms with Crippen LogP contribution in [0.2, 0.25) is 0 Å². The number of carbonyl (C=O) groups is 1. The van der Waals surface area contributed by atoms with E-state index in [0.717, 1.165) is 22.9 Å². The third-order valence-electron chi connectivity index (χ3n) is 2.61. The molecule has 0 amide bonds. The lowest BCUT2D eigenvalue weighted by molar-refractivity contribution is 0.0996. The fourth-order valence-corrected chi connectivity index (χ4v) is 1.97. The summed E-state index contributed by atoms with van der Waals surface area (Å²) in [4.78, 5) is 11.5. The maximum absolute atomic E-state index is 11.5. The Morgan fingerprint density at radius 1 is 1.31 bits per heavy atom. The van der Waals surface area contributed by atoms with Crippen molar-refractivity contribution in [2.45, 2.75) is 12.8 Å². The molecule has 1 aromatic heterocycles. The molecule has 0 fully saturated rings. The summed E-state index contributed by atoms with van der Waals surface area (Å²) in [5.74, 6) is 0.252. The highest BCUT2D eigenvalue weighted by atomic mass is 16.1. The normalized spacial score (nSPS) is 15.2. The van der Waals surface area contributed by atoms with Crippen molar-refractivity contribution in [1.82, 2.24) is 10.2 Å². The molecule has 0 aliphatic heterocycles. The van der Waals surface area contributed by atoms with Crippen LogP contribution in [-0.2, 0) is 6.42 Å². The Kier molecular flexibility index (Phi) is 1.15. The van der Waals surface area contributed by atoms with Crippen LogP contribution in [0.25, 0.3) is 10.9 Å². The highest BCUT2D eigenvalue weighted by Gasteiger charge is 2.22. The Morgan fingerprint density at radius 3 is 3.15 bits per heavy atom. The highest BCUT2D eigenvalue weighted by Crippen LogP contribution is 2.28. The van der Waals surface area contributed by atoms with Crippen LogP contribution >= 0.6 is 0 Å². The molecule has 3 rings (SSSR count). The number of aromatic nitrogens is 2. The van der Waals surface area contributed by atoms with Gasteiger partial charge in [0.05, 0.1) is 11.7 Å². The Morgan fingerprint density at radius 2 is 2.23 bits per heavy atom. The Hall–Kier alpha value is -1.64. The quantitative estimate of drug-likeness (QED) is 0.657. The van der Waals surface area contributed by atoms with Crippen LogP contribution in [0.15, 0.2) is 18.3 Å². The Labute approximate surface area is 74.8 Å². The molecule has 0 saturated heterocycles. The number of carbonyl (C=O) groups excluding carboxylic acids is 1. The first-order valence-electron chi connectivity index (χ1n) is 4.34. The molecule has 1 aliphatic rings. The molecule has 1 aromatic carbocycles. The molecule has 0 atom stereocenters. The molecule has 1 heterocycles. The van der Waals surface area contributed by atoms with Gasteiger partial charge in [0.25, 0.3) is 0 Å². The van der Waals surface area contributed by atoms with Gasteiger partial charge >= 0.3 is 0 Å². The molecule has 3 nitrogen and oxygen atoms in total. The van der Waals surface area contributed by atoms with E-state index in [1.807, 2.05) is 12.1 Å². The second-order valence-corrected chi connectivity index (χ2v) is 3.35. The summed E-state index contributed by atoms with van der Waals surface area (Å²) in [6, 6.07) is 4.00. The van der Waals surface area contributed by atoms with Gasteiger partial charge in [-0.1, -0.05) is 6.07 Å². The molecule has 0 bridgehead atoms. The number of nitrogens with zero attached hydrogens (tertiary/aromatic N) is 1. The first-order valence-corrected chi connectivity index (χ1v) is 4.34. The number of hydrogen-bond acceptors (Lipinski definition) is 2. The molecular weight excluding hydrogens is 164 g/mol. The zero-order chi connectivity index (χ0) is 8.84. The number of hydrogen-bond donors (Lipinski definition) is 1. The second-order valence-electron chi connectivity index (χ2n) is 3.35. The standard InChI is InChI=1S/C10H8N2O/c13-9-4-2-6-1-3-8-7(10(6)9)5-11-12-8/h1,3,5H,2,4H2,(H,11,12). The van der Waals surface area contributed by atoms with Crippen LogP contribution in [0, 0.1) is 0 Å². The van der Waals surface area contributed by atoms with Crippen LogP contribution in [0.5, 0.6) is 0 Å². The summed E-state index contributed by atoms with van der Waals surface area (Å²) >= 11 is 0. The van der Waals surface area contributed by atoms with Crippen LogP contribution < -0.4 is 0 Å². The SMILES string of the molecule is O=C1CCc2ccc3[nH]ncc3c21. The summed E-state index contributed by atoms with van der Waals surface area (Å²) in [5, 5.41) is 7.78. The maximum atomic E-state index is 11.5. The lowest BCUT2D eigenvalue weighted by atomic mass is 10.1. The van der Waals surface area contributed by atoms with E-state index in [1.54, 1.807) is 6.20 Å². The first-order chi connectivity index (χ1) is 6.36. The highest BCUT2D eigenvalue weighted by molar-refractivity contribution is 6.10. The predicted molar refractivity (Wildman–Crippen MR) is 48.7 cm³/mol. The fourth-order valence-electron chi connectivity index (χ4n) is 1.97. The van der Waals surface area contributed by atoms with Crippen molar-refractivity contribution < 1.29 is 4.79 Å². The van der Waals surface area contributed by atoms with Crippen molar-refractivity contribution in [2.75, 3.05) is 0 Å². The van der Waals surface area contributed by atoms with Gasteiger partial charge in [0.1, 0.15) is 0 Å². The smallest absolute Gasteiger partial charge is 0.164 e. The topological polar surface area (TPSA) is 45.8 Å². The molecule has 0 unspecified atom stereocenters. The second kappa shape index (κ2) is 2.19. The molecule has 3 heteroatoms. The number of benzene rings is 1. The number of fused-ring (bicyclic) bond motifs is 3. The maximum Gasteiger partial charge on any atom is 0.164 e. The average Bonchev–Trinajstić information content (AvgIpc) is 2.70. The van der Waals surface area contributed by atoms with Crippen molar-refractivity contribution in [3.63, 3.8) is 0 Å². The van der Waals surface area contributed by atoms with E-state index in [2.05, 4.69) is 10.2 Å². The van der Waals surface area contributed by atoms with Crippen LogP contribution in [0.1, 0.15) is 22.3 Å². The Bertz CT molecular complexity index is 499. The van der Waals surface area contributed by atoms with E-state index >= 15 is 0 Å². The summed E-state index contributed by atoms with van der Waals surface area (Å²) in [6.45, 7) is 0. The van der Waals surface area contributed by atoms with E-state index in [-0.39, 0.29) is 5.78 Å². The van der Waals surface area contributed by atoms with E-state index in [0.29, 0.717) is 6.42 Å². The van der Waals surface area contributed by atoms with E-state index < -0.39 is 0 Å². The number of rotatable bonds is 0. The fraction of sp³-hybridized carbons (Fsp3) is 0.200. The van der Waals surface area contributed by atoms with Crippen LogP contribution in [0.3, 0.4) is 0 Å². The molecule has 1 N–H and O–H groups in total. The summed E-state index contributed by atoms with van der Waals surface area (Å²) in [6.07, 6.45) is 3.27. The zero-order valence-corrected chi connectivity index (χ0v) is 7.00. The van der Waals surface area contributed by atoms with Gasteiger partial charge in [0.2, 0.25) is 0 Å². The molecule has 64 valence electrons. The molecule has 1 aliphatic carbocycles. The predicted octanol–water partition coefficient (Wildman–Crippen LogP) is 1.69. The minimum absolute atomic E-state index is 0.252. The third-order valence-corrected chi connectivity index (χ3v) is 2.61. The molecular formula is C10H8N2O.